The van der Waals surface area contributed by atoms with Crippen LogP contribution in [0.3, 0.4) is 0 Å². The lowest BCUT2D eigenvalue weighted by Gasteiger charge is -2.18. The fraction of sp³-hybridized carbons (Fsp3) is 0.333. The minimum absolute atomic E-state index is 0.542. The molecule has 1 aliphatic heterocycles. The number of allylic oxidation sites excluding steroid dienone is 3. The van der Waals surface area contributed by atoms with Crippen molar-refractivity contribution in [2.45, 2.75) is 19.1 Å². The van der Waals surface area contributed by atoms with Gasteiger partial charge in [0.05, 0.1) is 11.3 Å². The van der Waals surface area contributed by atoms with Crippen LogP contribution in [0.2, 0.25) is 0 Å². The Morgan fingerprint density at radius 1 is 1.36 bits per heavy atom. The summed E-state index contributed by atoms with van der Waals surface area (Å²) in [5.41, 5.74) is 0.455. The van der Waals surface area contributed by atoms with E-state index in [-0.39, 0.29) is 0 Å². The highest BCUT2D eigenvalue weighted by Gasteiger charge is 2.42. The molecule has 0 bridgehead atoms. The van der Waals surface area contributed by atoms with E-state index in [2.05, 4.69) is 10.2 Å². The Morgan fingerprint density at radius 2 is 2.07 bits per heavy atom. The maximum atomic E-state index is 12.5. The zero-order valence-corrected chi connectivity index (χ0v) is 7.34. The number of fused-ring (bicyclic) bond motifs is 1. The summed E-state index contributed by atoms with van der Waals surface area (Å²) < 4.78 is 37.4. The Hall–Kier alpha value is -1.39. The van der Waals surface area contributed by atoms with E-state index in [1.165, 1.54) is 6.08 Å². The Kier molecular flexibility index (Phi) is 1.83. The Labute approximate surface area is 78.5 Å². The highest BCUT2D eigenvalue weighted by atomic mass is 19.4. The van der Waals surface area contributed by atoms with E-state index in [4.69, 9.17) is 0 Å². The van der Waals surface area contributed by atoms with Crippen molar-refractivity contribution in [3.05, 3.63) is 35.1 Å². The fourth-order valence-electron chi connectivity index (χ4n) is 1.50. The lowest BCUT2D eigenvalue weighted by atomic mass is 9.94. The number of halogens is 3. The van der Waals surface area contributed by atoms with Gasteiger partial charge in [0, 0.05) is 5.57 Å². The summed E-state index contributed by atoms with van der Waals surface area (Å²) in [6, 6.07) is -0.944. The molecule has 0 amide bonds. The molecule has 1 heterocycles. The first-order valence-corrected chi connectivity index (χ1v) is 4.07. The van der Waals surface area contributed by atoms with Gasteiger partial charge < -0.3 is 0 Å². The first-order valence-electron chi connectivity index (χ1n) is 4.07. The molecule has 2 nitrogen and oxygen atoms in total. The molecule has 0 saturated heterocycles. The molecule has 0 fully saturated rings. The van der Waals surface area contributed by atoms with Crippen molar-refractivity contribution in [2.24, 2.45) is 10.2 Å². The van der Waals surface area contributed by atoms with E-state index < -0.39 is 17.8 Å². The van der Waals surface area contributed by atoms with Crippen LogP contribution in [0.15, 0.2) is 45.3 Å². The van der Waals surface area contributed by atoms with Crippen LogP contribution in [0.1, 0.15) is 6.92 Å². The standard InChI is InChI=1S/C9H7F3N2/c1-5-6-3-2-4-7(9(10,11)12)8(6)14-13-5/h2-4,8H,1H3/t8-/m1/s1. The van der Waals surface area contributed by atoms with E-state index in [1.807, 2.05) is 0 Å². The van der Waals surface area contributed by atoms with Crippen LogP contribution < -0.4 is 0 Å². The molecule has 0 spiro atoms. The molecule has 74 valence electrons. The number of hydrogen-bond donors (Lipinski definition) is 0. The lowest BCUT2D eigenvalue weighted by Crippen LogP contribution is -2.24. The number of rotatable bonds is 0. The summed E-state index contributed by atoms with van der Waals surface area (Å²) in [6.07, 6.45) is -0.278. The molecule has 0 aromatic rings. The maximum Gasteiger partial charge on any atom is 0.415 e. The minimum Gasteiger partial charge on any atom is -0.176 e. The molecular weight excluding hydrogens is 193 g/mol. The Bertz CT molecular complexity index is 385. The summed E-state index contributed by atoms with van der Waals surface area (Å²) in [7, 11) is 0. The smallest absolute Gasteiger partial charge is 0.176 e. The molecule has 1 atom stereocenters. The topological polar surface area (TPSA) is 24.7 Å². The van der Waals surface area contributed by atoms with E-state index in [0.29, 0.717) is 11.3 Å². The summed E-state index contributed by atoms with van der Waals surface area (Å²) in [4.78, 5) is 0. The van der Waals surface area contributed by atoms with Crippen molar-refractivity contribution < 1.29 is 13.2 Å². The molecule has 0 saturated carbocycles. The SMILES string of the molecule is CC1=C2C=CC=C(C(F)(F)F)[C@@H]2N=N1. The Morgan fingerprint density at radius 3 is 2.71 bits per heavy atom. The molecule has 5 heteroatoms. The van der Waals surface area contributed by atoms with Gasteiger partial charge in [0.2, 0.25) is 0 Å². The molecule has 14 heavy (non-hydrogen) atoms. The summed E-state index contributed by atoms with van der Waals surface area (Å²) >= 11 is 0. The first kappa shape index (κ1) is 9.18. The fourth-order valence-corrected chi connectivity index (χ4v) is 1.50. The molecule has 0 unspecified atom stereocenters. The molecule has 0 aromatic carbocycles. The molecule has 2 aliphatic rings. The third-order valence-corrected chi connectivity index (χ3v) is 2.21. The van der Waals surface area contributed by atoms with E-state index in [1.54, 1.807) is 13.0 Å². The van der Waals surface area contributed by atoms with Crippen LogP contribution in [-0.2, 0) is 0 Å². The Balaban J connectivity index is 2.44. The van der Waals surface area contributed by atoms with E-state index in [0.717, 1.165) is 6.08 Å². The summed E-state index contributed by atoms with van der Waals surface area (Å²) in [5, 5.41) is 7.25. The van der Waals surface area contributed by atoms with Crippen molar-refractivity contribution in [2.75, 3.05) is 0 Å². The first-order chi connectivity index (χ1) is 6.50. The second-order valence-electron chi connectivity index (χ2n) is 3.14. The number of hydrogen-bond acceptors (Lipinski definition) is 2. The molecule has 0 radical (unpaired) electrons. The van der Waals surface area contributed by atoms with Gasteiger partial charge in [0.1, 0.15) is 6.04 Å². The van der Waals surface area contributed by atoms with Gasteiger partial charge in [-0.15, -0.1) is 0 Å². The van der Waals surface area contributed by atoms with Gasteiger partial charge in [-0.2, -0.15) is 23.4 Å². The van der Waals surface area contributed by atoms with Crippen LogP contribution >= 0.6 is 0 Å². The van der Waals surface area contributed by atoms with Crippen LogP contribution in [0.4, 0.5) is 13.2 Å². The van der Waals surface area contributed by atoms with Gasteiger partial charge in [0.25, 0.3) is 0 Å². The van der Waals surface area contributed by atoms with Crippen LogP contribution in [-0.4, -0.2) is 12.2 Å². The zero-order valence-electron chi connectivity index (χ0n) is 7.34. The second kappa shape index (κ2) is 2.80. The van der Waals surface area contributed by atoms with Gasteiger partial charge in [-0.1, -0.05) is 18.2 Å². The van der Waals surface area contributed by atoms with Gasteiger partial charge in [-0.25, -0.2) is 0 Å². The molecule has 0 aromatic heterocycles. The van der Waals surface area contributed by atoms with Crippen molar-refractivity contribution in [3.8, 4) is 0 Å². The highest BCUT2D eigenvalue weighted by Crippen LogP contribution is 2.39. The second-order valence-corrected chi connectivity index (χ2v) is 3.14. The third kappa shape index (κ3) is 1.29. The van der Waals surface area contributed by atoms with Gasteiger partial charge in [0.15, 0.2) is 0 Å². The van der Waals surface area contributed by atoms with Crippen LogP contribution in [0, 0.1) is 0 Å². The lowest BCUT2D eigenvalue weighted by molar-refractivity contribution is -0.0945. The van der Waals surface area contributed by atoms with Crippen LogP contribution in [0.25, 0.3) is 0 Å². The van der Waals surface area contributed by atoms with Crippen LogP contribution in [0.5, 0.6) is 0 Å². The molecule has 1 aliphatic carbocycles. The predicted octanol–water partition coefficient (Wildman–Crippen LogP) is 3.15. The molecule has 0 N–H and O–H groups in total. The summed E-state index contributed by atoms with van der Waals surface area (Å²) in [5.74, 6) is 0. The number of alkyl halides is 3. The minimum atomic E-state index is -4.33. The van der Waals surface area contributed by atoms with E-state index >= 15 is 0 Å². The molecular formula is C9H7F3N2. The normalized spacial score (nSPS) is 25.4. The number of nitrogens with zero attached hydrogens (tertiary/aromatic N) is 2. The summed E-state index contributed by atoms with van der Waals surface area (Å²) in [6.45, 7) is 1.66. The quantitative estimate of drug-likeness (QED) is 0.573. The number of azo groups is 1. The average Bonchev–Trinajstić information content (AvgIpc) is 2.46. The molecule has 2 rings (SSSR count). The van der Waals surface area contributed by atoms with Crippen molar-refractivity contribution in [3.63, 3.8) is 0 Å². The zero-order chi connectivity index (χ0) is 10.3. The van der Waals surface area contributed by atoms with Crippen molar-refractivity contribution in [1.29, 1.82) is 0 Å². The highest BCUT2D eigenvalue weighted by molar-refractivity contribution is 5.47. The monoisotopic (exact) mass is 200 g/mol. The van der Waals surface area contributed by atoms with E-state index in [9.17, 15) is 13.2 Å². The van der Waals surface area contributed by atoms with Gasteiger partial charge >= 0.3 is 6.18 Å². The maximum absolute atomic E-state index is 12.5. The van der Waals surface area contributed by atoms with Crippen molar-refractivity contribution >= 4 is 0 Å². The van der Waals surface area contributed by atoms with Gasteiger partial charge in [-0.05, 0) is 6.92 Å². The van der Waals surface area contributed by atoms with Crippen molar-refractivity contribution in [1.82, 2.24) is 0 Å². The van der Waals surface area contributed by atoms with Gasteiger partial charge in [-0.3, -0.25) is 0 Å². The largest absolute Gasteiger partial charge is 0.415 e. The average molecular weight is 200 g/mol. The predicted molar refractivity (Wildman–Crippen MR) is 44.6 cm³/mol. The third-order valence-electron chi connectivity index (χ3n) is 2.21.